The fourth-order valence-electron chi connectivity index (χ4n) is 12.5. The summed E-state index contributed by atoms with van der Waals surface area (Å²) in [6, 6.07) is 87.8. The molecule has 0 fully saturated rings. The number of ether oxygens (including phenoxy) is 1. The smallest absolute Gasteiger partial charge is 0.135 e. The van der Waals surface area contributed by atoms with E-state index in [-0.39, 0.29) is 37.7 Å². The van der Waals surface area contributed by atoms with Crippen molar-refractivity contribution in [3.05, 3.63) is 295 Å². The van der Waals surface area contributed by atoms with Crippen LogP contribution in [0.3, 0.4) is 0 Å². The number of nitrogens with zero attached hydrogens (tertiary/aromatic N) is 4. The van der Waals surface area contributed by atoms with E-state index >= 15 is 4.39 Å². The first-order valence-corrected chi connectivity index (χ1v) is 27.8. The SMILES string of the molecule is CC(C)(C)c1ccc(C2(c3cc(Oc4[c-]c5c(cc4)c4ccccc4n5-c4cc(C(C)(C)C)ccn4)[c-]c(N4[CH-]N(c5c(-c6ccccc6)cccc5-c5ccccc5)c5ccccc54)c3)c3ccccc3-c3ccc(F)cc32)cc1.[Pt]. The molecule has 1 aliphatic heterocycles. The molecular weight excluding hydrogens is 1190 g/mol. The van der Waals surface area contributed by atoms with Crippen molar-refractivity contribution in [3.8, 4) is 50.7 Å². The third kappa shape index (κ3) is 8.75. The maximum Gasteiger partial charge on any atom is 0.135 e. The molecule has 5 nitrogen and oxygen atoms in total. The van der Waals surface area contributed by atoms with Crippen molar-refractivity contribution >= 4 is 44.6 Å². The van der Waals surface area contributed by atoms with E-state index in [4.69, 9.17) is 9.72 Å². The predicted octanol–water partition coefficient (Wildman–Crippen LogP) is 19.4. The zero-order valence-corrected chi connectivity index (χ0v) is 48.8. The molecule has 7 heteroatoms. The van der Waals surface area contributed by atoms with E-state index in [1.807, 2.05) is 18.3 Å². The second-order valence-corrected chi connectivity index (χ2v) is 23.4. The Kier molecular flexibility index (Phi) is 13.0. The van der Waals surface area contributed by atoms with Gasteiger partial charge in [-0.15, -0.1) is 53.6 Å². The number of anilines is 4. The van der Waals surface area contributed by atoms with Crippen molar-refractivity contribution in [2.24, 2.45) is 0 Å². The van der Waals surface area contributed by atoms with Gasteiger partial charge in [-0.05, 0) is 109 Å². The topological polar surface area (TPSA) is 33.5 Å². The van der Waals surface area contributed by atoms with Gasteiger partial charge in [0, 0.05) is 77.9 Å². The zero-order chi connectivity index (χ0) is 55.2. The number of rotatable bonds is 9. The standard InChI is InChI=1S/C75H58FN4O.Pt/c1-73(2,3)51-32-34-52(35-33-51)75(65-28-15-13-24-61(65)62-38-36-55(76)45-66(62)75)54-42-56(46-58(43-54)81-57-37-39-64-63-25-14-16-29-67(63)80(70(64)47-57)71-44-53(40-41-77-71)74(4,5)6)78-48-79(69-31-18-17-30-68(69)78)72-59(49-20-9-7-10-21-49)26-19-27-60(72)50-22-11-8-12-23-50;/h7-45,48H,1-6H3;/q-3;. The molecule has 1 atom stereocenters. The summed E-state index contributed by atoms with van der Waals surface area (Å²) in [5.41, 5.74) is 17.0. The van der Waals surface area contributed by atoms with Gasteiger partial charge in [-0.3, -0.25) is 0 Å². The second-order valence-electron chi connectivity index (χ2n) is 23.4. The molecule has 2 aromatic heterocycles. The van der Waals surface area contributed by atoms with Gasteiger partial charge in [0.15, 0.2) is 0 Å². The summed E-state index contributed by atoms with van der Waals surface area (Å²) in [5.74, 6) is 1.48. The van der Waals surface area contributed by atoms with E-state index in [2.05, 4.69) is 281 Å². The maximum absolute atomic E-state index is 16.3. The van der Waals surface area contributed by atoms with Gasteiger partial charge >= 0.3 is 0 Å². The molecule has 1 unspecified atom stereocenters. The molecule has 0 radical (unpaired) electrons. The molecule has 0 saturated heterocycles. The van der Waals surface area contributed by atoms with Crippen LogP contribution in [0.5, 0.6) is 11.5 Å². The third-order valence-corrected chi connectivity index (χ3v) is 16.4. The Labute approximate surface area is 494 Å². The summed E-state index contributed by atoms with van der Waals surface area (Å²) in [4.78, 5) is 9.51. The molecule has 10 aromatic carbocycles. The molecular formula is C75H58FN4OPt-3. The van der Waals surface area contributed by atoms with E-state index in [0.717, 1.165) is 106 Å². The molecule has 0 spiro atoms. The number of benzene rings is 10. The Morgan fingerprint density at radius 1 is 0.488 bits per heavy atom. The summed E-state index contributed by atoms with van der Waals surface area (Å²) in [6.07, 6.45) is 1.90. The number of aromatic nitrogens is 2. The first kappa shape index (κ1) is 52.5. The average molecular weight is 1250 g/mol. The molecule has 14 rings (SSSR count). The molecule has 12 aromatic rings. The number of pyridine rings is 1. The van der Waals surface area contributed by atoms with Crippen LogP contribution in [-0.2, 0) is 37.3 Å². The van der Waals surface area contributed by atoms with Crippen LogP contribution in [0.15, 0.2) is 237 Å². The van der Waals surface area contributed by atoms with E-state index < -0.39 is 5.41 Å². The van der Waals surface area contributed by atoms with Crippen LogP contribution in [0, 0.1) is 24.6 Å². The fourth-order valence-corrected chi connectivity index (χ4v) is 12.5. The quantitative estimate of drug-likeness (QED) is 0.135. The molecule has 1 aliphatic carbocycles. The minimum absolute atomic E-state index is 0. The monoisotopic (exact) mass is 1240 g/mol. The van der Waals surface area contributed by atoms with Crippen molar-refractivity contribution in [2.45, 2.75) is 57.8 Å². The molecule has 0 bridgehead atoms. The van der Waals surface area contributed by atoms with Crippen LogP contribution < -0.4 is 14.5 Å². The van der Waals surface area contributed by atoms with Crippen molar-refractivity contribution < 1.29 is 30.2 Å². The molecule has 0 amide bonds. The Hall–Kier alpha value is -8.83. The van der Waals surface area contributed by atoms with Crippen molar-refractivity contribution in [1.29, 1.82) is 0 Å². The largest absolute Gasteiger partial charge is 0.509 e. The normalized spacial score (nSPS) is 14.6. The average Bonchev–Trinajstić information content (AvgIpc) is 4.35. The van der Waals surface area contributed by atoms with Crippen molar-refractivity contribution in [3.63, 3.8) is 0 Å². The van der Waals surface area contributed by atoms with Crippen LogP contribution in [0.1, 0.15) is 74.9 Å². The van der Waals surface area contributed by atoms with Gasteiger partial charge in [0.25, 0.3) is 0 Å². The van der Waals surface area contributed by atoms with Crippen LogP contribution in [-0.4, -0.2) is 9.55 Å². The molecule has 0 N–H and O–H groups in total. The Morgan fingerprint density at radius 3 is 1.82 bits per heavy atom. The molecule has 2 aliphatic rings. The molecule has 82 heavy (non-hydrogen) atoms. The van der Waals surface area contributed by atoms with Crippen LogP contribution in [0.2, 0.25) is 0 Å². The van der Waals surface area contributed by atoms with Crippen LogP contribution in [0.4, 0.5) is 27.1 Å². The fraction of sp³-hybridized carbons (Fsp3) is 0.120. The summed E-state index contributed by atoms with van der Waals surface area (Å²) in [5, 5.41) is 2.13. The Bertz CT molecular complexity index is 4350. The van der Waals surface area contributed by atoms with Gasteiger partial charge in [-0.2, -0.15) is 6.07 Å². The minimum atomic E-state index is -1.00. The first-order chi connectivity index (χ1) is 39.3. The van der Waals surface area contributed by atoms with Crippen LogP contribution in [0.25, 0.3) is 61.0 Å². The van der Waals surface area contributed by atoms with E-state index in [1.165, 1.54) is 11.1 Å². The minimum Gasteiger partial charge on any atom is -0.509 e. The van der Waals surface area contributed by atoms with E-state index in [9.17, 15) is 0 Å². The van der Waals surface area contributed by atoms with Gasteiger partial charge in [-0.1, -0.05) is 211 Å². The van der Waals surface area contributed by atoms with Gasteiger partial charge in [0.05, 0.1) is 0 Å². The molecule has 3 heterocycles. The van der Waals surface area contributed by atoms with Gasteiger partial charge in [0.1, 0.15) is 11.6 Å². The summed E-state index contributed by atoms with van der Waals surface area (Å²) in [6.45, 7) is 15.6. The number of halogens is 1. The van der Waals surface area contributed by atoms with Crippen molar-refractivity contribution in [1.82, 2.24) is 9.55 Å². The van der Waals surface area contributed by atoms with Gasteiger partial charge in [0.2, 0.25) is 0 Å². The van der Waals surface area contributed by atoms with E-state index in [1.54, 1.807) is 12.1 Å². The number of hydrogen-bond acceptors (Lipinski definition) is 4. The molecule has 404 valence electrons. The summed E-state index contributed by atoms with van der Waals surface area (Å²) >= 11 is 0. The Morgan fingerprint density at radius 2 is 1.11 bits per heavy atom. The summed E-state index contributed by atoms with van der Waals surface area (Å²) < 4.78 is 25.8. The first-order valence-electron chi connectivity index (χ1n) is 27.8. The maximum atomic E-state index is 16.3. The third-order valence-electron chi connectivity index (χ3n) is 16.4. The van der Waals surface area contributed by atoms with Gasteiger partial charge in [-0.25, -0.2) is 9.37 Å². The zero-order valence-electron chi connectivity index (χ0n) is 46.5. The van der Waals surface area contributed by atoms with Gasteiger partial charge < -0.3 is 19.1 Å². The van der Waals surface area contributed by atoms with Crippen molar-refractivity contribution in [2.75, 3.05) is 9.80 Å². The Balaban J connectivity index is 0.00000631. The molecule has 0 saturated carbocycles. The number of fused-ring (bicyclic) bond motifs is 7. The predicted molar refractivity (Wildman–Crippen MR) is 330 cm³/mol. The number of hydrogen-bond donors (Lipinski definition) is 0. The van der Waals surface area contributed by atoms with E-state index in [0.29, 0.717) is 11.5 Å². The second kappa shape index (κ2) is 20.3. The summed E-state index contributed by atoms with van der Waals surface area (Å²) in [7, 11) is 0. The number of para-hydroxylation sites is 4. The van der Waals surface area contributed by atoms with Crippen LogP contribution >= 0.6 is 0 Å².